The molecule has 0 spiro atoms. The quantitative estimate of drug-likeness (QED) is 0.875. The van der Waals surface area contributed by atoms with Crippen LogP contribution in [-0.4, -0.2) is 6.54 Å². The Bertz CT molecular complexity index is 478. The second-order valence-electron chi connectivity index (χ2n) is 3.96. The maximum atomic E-state index is 3.57. The molecule has 0 aliphatic heterocycles. The van der Waals surface area contributed by atoms with Gasteiger partial charge in [-0.3, -0.25) is 0 Å². The van der Waals surface area contributed by atoms with Gasteiger partial charge in [0.1, 0.15) is 0 Å². The summed E-state index contributed by atoms with van der Waals surface area (Å²) in [5.41, 5.74) is 2.69. The Labute approximate surface area is 115 Å². The van der Waals surface area contributed by atoms with E-state index in [1.165, 1.54) is 19.8 Å². The van der Waals surface area contributed by atoms with Crippen LogP contribution in [0.1, 0.15) is 29.0 Å². The molecule has 0 aliphatic carbocycles. The molecule has 1 nitrogen and oxygen atoms in total. The van der Waals surface area contributed by atoms with Crippen molar-refractivity contribution in [2.45, 2.75) is 19.9 Å². The molecule has 2 rings (SSSR count). The average Bonchev–Trinajstić information content (AvgIpc) is 2.66. The summed E-state index contributed by atoms with van der Waals surface area (Å²) >= 11 is 5.36. The molecule has 1 aromatic heterocycles. The van der Waals surface area contributed by atoms with Crippen LogP contribution in [0.3, 0.4) is 0 Å². The molecule has 1 unspecified atom stereocenters. The third kappa shape index (κ3) is 2.97. The molecule has 90 valence electrons. The zero-order valence-electron chi connectivity index (χ0n) is 10.0. The number of nitrogens with one attached hydrogen (secondary N) is 1. The molecule has 1 N–H and O–H groups in total. The highest BCUT2D eigenvalue weighted by Crippen LogP contribution is 2.33. The smallest absolute Gasteiger partial charge is 0.0704 e. The molecule has 3 heteroatoms. The molecule has 0 saturated heterocycles. The Morgan fingerprint density at radius 3 is 2.53 bits per heavy atom. The summed E-state index contributed by atoms with van der Waals surface area (Å²) in [6.07, 6.45) is 0. The normalized spacial score (nSPS) is 12.6. The van der Waals surface area contributed by atoms with Crippen molar-refractivity contribution in [1.29, 1.82) is 0 Å². The van der Waals surface area contributed by atoms with Crippen LogP contribution in [0.15, 0.2) is 40.2 Å². The van der Waals surface area contributed by atoms with Crippen molar-refractivity contribution in [2.75, 3.05) is 6.54 Å². The van der Waals surface area contributed by atoms with Gasteiger partial charge in [-0.2, -0.15) is 0 Å². The summed E-state index contributed by atoms with van der Waals surface area (Å²) in [4.78, 5) is 1.37. The predicted molar refractivity (Wildman–Crippen MR) is 78.7 cm³/mol. The van der Waals surface area contributed by atoms with Crippen LogP contribution in [0.4, 0.5) is 0 Å². The minimum Gasteiger partial charge on any atom is -0.306 e. The van der Waals surface area contributed by atoms with Gasteiger partial charge in [-0.1, -0.05) is 37.3 Å². The molecule has 0 saturated carbocycles. The lowest BCUT2D eigenvalue weighted by atomic mass is 9.99. The Balaban J connectivity index is 2.39. The molecule has 0 fully saturated rings. The van der Waals surface area contributed by atoms with Crippen molar-refractivity contribution in [1.82, 2.24) is 5.32 Å². The highest BCUT2D eigenvalue weighted by Gasteiger charge is 2.16. The van der Waals surface area contributed by atoms with Gasteiger partial charge >= 0.3 is 0 Å². The fraction of sp³-hybridized carbons (Fsp3) is 0.286. The maximum Gasteiger partial charge on any atom is 0.0704 e. The third-order valence-electron chi connectivity index (χ3n) is 2.78. The van der Waals surface area contributed by atoms with E-state index in [1.807, 2.05) is 0 Å². The molecule has 0 bridgehead atoms. The molecule has 1 atom stereocenters. The van der Waals surface area contributed by atoms with E-state index in [0.29, 0.717) is 6.04 Å². The summed E-state index contributed by atoms with van der Waals surface area (Å²) in [5, 5.41) is 3.56. The van der Waals surface area contributed by atoms with Crippen LogP contribution in [0, 0.1) is 6.92 Å². The van der Waals surface area contributed by atoms with Gasteiger partial charge in [-0.15, -0.1) is 11.3 Å². The molecular formula is C14H16BrNS. The minimum absolute atomic E-state index is 0.295. The van der Waals surface area contributed by atoms with Crippen LogP contribution in [-0.2, 0) is 0 Å². The summed E-state index contributed by atoms with van der Waals surface area (Å²) in [6.45, 7) is 5.29. The van der Waals surface area contributed by atoms with Crippen molar-refractivity contribution in [2.24, 2.45) is 0 Å². The minimum atomic E-state index is 0.295. The van der Waals surface area contributed by atoms with E-state index in [2.05, 4.69) is 71.5 Å². The first-order valence-corrected chi connectivity index (χ1v) is 7.37. The van der Waals surface area contributed by atoms with Crippen molar-refractivity contribution in [3.8, 4) is 0 Å². The Kier molecular flexibility index (Phi) is 4.37. The van der Waals surface area contributed by atoms with Gasteiger partial charge in [0.25, 0.3) is 0 Å². The zero-order chi connectivity index (χ0) is 12.3. The Morgan fingerprint density at radius 1 is 1.29 bits per heavy atom. The lowest BCUT2D eigenvalue weighted by Gasteiger charge is -2.18. The monoisotopic (exact) mass is 309 g/mol. The number of aryl methyl sites for hydroxylation is 1. The predicted octanol–water partition coefficient (Wildman–Crippen LogP) is 4.52. The van der Waals surface area contributed by atoms with E-state index in [4.69, 9.17) is 0 Å². The lowest BCUT2D eigenvalue weighted by Crippen LogP contribution is -2.22. The van der Waals surface area contributed by atoms with E-state index in [1.54, 1.807) is 11.3 Å². The van der Waals surface area contributed by atoms with Gasteiger partial charge in [0, 0.05) is 4.88 Å². The van der Waals surface area contributed by atoms with Gasteiger partial charge in [-0.25, -0.2) is 0 Å². The van der Waals surface area contributed by atoms with Crippen molar-refractivity contribution in [3.05, 3.63) is 56.2 Å². The van der Waals surface area contributed by atoms with E-state index < -0.39 is 0 Å². The van der Waals surface area contributed by atoms with E-state index in [9.17, 15) is 0 Å². The Morgan fingerprint density at radius 2 is 2.00 bits per heavy atom. The third-order valence-corrected chi connectivity index (χ3v) is 4.35. The van der Waals surface area contributed by atoms with E-state index >= 15 is 0 Å². The summed E-state index contributed by atoms with van der Waals surface area (Å²) in [7, 11) is 0. The zero-order valence-corrected chi connectivity index (χ0v) is 12.4. The van der Waals surface area contributed by atoms with E-state index in [-0.39, 0.29) is 0 Å². The fourth-order valence-corrected chi connectivity index (χ4v) is 3.75. The van der Waals surface area contributed by atoms with Crippen LogP contribution >= 0.6 is 27.3 Å². The first-order chi connectivity index (χ1) is 8.22. The summed E-state index contributed by atoms with van der Waals surface area (Å²) in [6, 6.07) is 13.1. The van der Waals surface area contributed by atoms with Gasteiger partial charge in [0.05, 0.1) is 9.83 Å². The highest BCUT2D eigenvalue weighted by molar-refractivity contribution is 9.11. The van der Waals surface area contributed by atoms with Gasteiger partial charge in [-0.05, 0) is 46.6 Å². The van der Waals surface area contributed by atoms with Gasteiger partial charge in [0.15, 0.2) is 0 Å². The SMILES string of the molecule is CCNC(c1ccccc1)c1cc(Br)sc1C. The molecule has 1 aromatic carbocycles. The maximum absolute atomic E-state index is 3.57. The number of hydrogen-bond acceptors (Lipinski definition) is 2. The number of hydrogen-bond donors (Lipinski definition) is 1. The second-order valence-corrected chi connectivity index (χ2v) is 6.60. The number of thiophene rings is 1. The molecule has 0 amide bonds. The molecule has 17 heavy (non-hydrogen) atoms. The molecule has 0 aliphatic rings. The summed E-state index contributed by atoms with van der Waals surface area (Å²) in [5.74, 6) is 0. The largest absolute Gasteiger partial charge is 0.306 e. The topological polar surface area (TPSA) is 12.0 Å². The average molecular weight is 310 g/mol. The molecular weight excluding hydrogens is 294 g/mol. The first-order valence-electron chi connectivity index (χ1n) is 5.76. The van der Waals surface area contributed by atoms with Crippen LogP contribution in [0.5, 0.6) is 0 Å². The van der Waals surface area contributed by atoms with Crippen LogP contribution in [0.2, 0.25) is 0 Å². The second kappa shape index (κ2) is 5.80. The standard InChI is InChI=1S/C14H16BrNS/c1-3-16-14(11-7-5-4-6-8-11)12-9-13(15)17-10(12)2/h4-9,14,16H,3H2,1-2H3. The van der Waals surface area contributed by atoms with Crippen LogP contribution in [0.25, 0.3) is 0 Å². The van der Waals surface area contributed by atoms with Crippen molar-refractivity contribution in [3.63, 3.8) is 0 Å². The number of halogens is 1. The van der Waals surface area contributed by atoms with E-state index in [0.717, 1.165) is 6.54 Å². The first kappa shape index (κ1) is 12.8. The summed E-state index contributed by atoms with van der Waals surface area (Å²) < 4.78 is 1.20. The Hall–Kier alpha value is -0.640. The fourth-order valence-electron chi connectivity index (χ4n) is 2.00. The lowest BCUT2D eigenvalue weighted by molar-refractivity contribution is 0.630. The van der Waals surface area contributed by atoms with Crippen LogP contribution < -0.4 is 5.32 Å². The van der Waals surface area contributed by atoms with Gasteiger partial charge < -0.3 is 5.32 Å². The van der Waals surface area contributed by atoms with Crippen molar-refractivity contribution < 1.29 is 0 Å². The number of benzene rings is 1. The molecule has 0 radical (unpaired) electrons. The number of rotatable bonds is 4. The molecule has 1 heterocycles. The van der Waals surface area contributed by atoms with Crippen molar-refractivity contribution >= 4 is 27.3 Å². The van der Waals surface area contributed by atoms with Gasteiger partial charge in [0.2, 0.25) is 0 Å². The molecule has 2 aromatic rings. The highest BCUT2D eigenvalue weighted by atomic mass is 79.9.